The van der Waals surface area contributed by atoms with Gasteiger partial charge in [0.1, 0.15) is 5.75 Å². The van der Waals surface area contributed by atoms with E-state index in [4.69, 9.17) is 9.47 Å². The van der Waals surface area contributed by atoms with E-state index in [1.165, 1.54) is 19.2 Å². The van der Waals surface area contributed by atoms with Gasteiger partial charge in [-0.3, -0.25) is 0 Å². The summed E-state index contributed by atoms with van der Waals surface area (Å²) in [6.45, 7) is 4.08. The minimum Gasteiger partial charge on any atom is -0.497 e. The van der Waals surface area contributed by atoms with Gasteiger partial charge in [-0.2, -0.15) is 13.2 Å². The summed E-state index contributed by atoms with van der Waals surface area (Å²) in [5.74, 6) is 0.577. The number of nitrogens with zero attached hydrogens (tertiary/aromatic N) is 1. The Bertz CT molecular complexity index is 660. The minimum atomic E-state index is -4.49. The van der Waals surface area contributed by atoms with Crippen LogP contribution >= 0.6 is 0 Å². The summed E-state index contributed by atoms with van der Waals surface area (Å²) in [7, 11) is 1.33. The molecule has 0 bridgehead atoms. The molecule has 1 aliphatic heterocycles. The first-order valence-corrected chi connectivity index (χ1v) is 9.28. The van der Waals surface area contributed by atoms with Crippen molar-refractivity contribution in [3.63, 3.8) is 0 Å². The molecule has 0 radical (unpaired) electrons. The summed E-state index contributed by atoms with van der Waals surface area (Å²) < 4.78 is 50.4. The van der Waals surface area contributed by atoms with E-state index in [1.807, 2.05) is 6.92 Å². The fourth-order valence-electron chi connectivity index (χ4n) is 3.17. The Morgan fingerprint density at radius 2 is 2.14 bits per heavy atom. The summed E-state index contributed by atoms with van der Waals surface area (Å²) in [5.41, 5.74) is -0.880. The molecule has 1 aromatic rings. The highest BCUT2D eigenvalue weighted by Gasteiger charge is 2.35. The number of nitrogens with one attached hydrogen (secondary N) is 2. The Kier molecular flexibility index (Phi) is 7.94. The SMILES string of the molecule is CCNC(=NCc1ccc(OC)cc1C(F)(F)F)NCC1(CCO)CCOC1. The van der Waals surface area contributed by atoms with Gasteiger partial charge in [-0.15, -0.1) is 0 Å². The average molecular weight is 403 g/mol. The van der Waals surface area contributed by atoms with Crippen molar-refractivity contribution in [2.24, 2.45) is 10.4 Å². The molecular formula is C19H28F3N3O3. The van der Waals surface area contributed by atoms with Gasteiger partial charge < -0.3 is 25.2 Å². The molecule has 28 heavy (non-hydrogen) atoms. The van der Waals surface area contributed by atoms with Crippen molar-refractivity contribution < 1.29 is 27.8 Å². The molecule has 1 saturated heterocycles. The van der Waals surface area contributed by atoms with Crippen molar-refractivity contribution in [1.82, 2.24) is 10.6 Å². The maximum Gasteiger partial charge on any atom is 0.416 e. The molecule has 0 aromatic heterocycles. The molecule has 158 valence electrons. The van der Waals surface area contributed by atoms with E-state index in [0.29, 0.717) is 38.7 Å². The molecule has 9 heteroatoms. The van der Waals surface area contributed by atoms with Gasteiger partial charge >= 0.3 is 6.18 Å². The number of aliphatic hydroxyl groups is 1. The number of methoxy groups -OCH3 is 1. The highest BCUT2D eigenvalue weighted by molar-refractivity contribution is 5.79. The van der Waals surface area contributed by atoms with Gasteiger partial charge in [-0.25, -0.2) is 4.99 Å². The Labute approximate surface area is 163 Å². The largest absolute Gasteiger partial charge is 0.497 e. The van der Waals surface area contributed by atoms with Crippen molar-refractivity contribution in [2.75, 3.05) is 40.0 Å². The molecule has 0 amide bonds. The van der Waals surface area contributed by atoms with Crippen LogP contribution < -0.4 is 15.4 Å². The normalized spacial score (nSPS) is 20.3. The first-order chi connectivity index (χ1) is 13.3. The molecule has 1 heterocycles. The van der Waals surface area contributed by atoms with E-state index in [-0.39, 0.29) is 29.9 Å². The number of alkyl halides is 3. The zero-order chi connectivity index (χ0) is 20.6. The van der Waals surface area contributed by atoms with E-state index in [2.05, 4.69) is 15.6 Å². The first-order valence-electron chi connectivity index (χ1n) is 9.28. The lowest BCUT2D eigenvalue weighted by molar-refractivity contribution is -0.138. The molecule has 1 fully saturated rings. The Morgan fingerprint density at radius 1 is 1.36 bits per heavy atom. The van der Waals surface area contributed by atoms with Crippen LogP contribution in [-0.4, -0.2) is 51.1 Å². The zero-order valence-electron chi connectivity index (χ0n) is 16.2. The second kappa shape index (κ2) is 9.97. The van der Waals surface area contributed by atoms with Gasteiger partial charge in [0.15, 0.2) is 5.96 Å². The summed E-state index contributed by atoms with van der Waals surface area (Å²) in [6, 6.07) is 3.86. The second-order valence-corrected chi connectivity index (χ2v) is 6.85. The summed E-state index contributed by atoms with van der Waals surface area (Å²) in [4.78, 5) is 4.32. The van der Waals surface area contributed by atoms with E-state index >= 15 is 0 Å². The molecule has 1 aromatic carbocycles. The molecule has 2 rings (SSSR count). The molecule has 6 nitrogen and oxygen atoms in total. The number of ether oxygens (including phenoxy) is 2. The average Bonchev–Trinajstić information content (AvgIpc) is 3.12. The maximum absolute atomic E-state index is 13.4. The van der Waals surface area contributed by atoms with Crippen LogP contribution in [0.3, 0.4) is 0 Å². The third-order valence-corrected chi connectivity index (χ3v) is 4.83. The van der Waals surface area contributed by atoms with Crippen LogP contribution in [0.4, 0.5) is 13.2 Å². The van der Waals surface area contributed by atoms with Gasteiger partial charge in [-0.1, -0.05) is 6.07 Å². The lowest BCUT2D eigenvalue weighted by Gasteiger charge is -2.27. The zero-order valence-corrected chi connectivity index (χ0v) is 16.2. The van der Waals surface area contributed by atoms with Crippen molar-refractivity contribution in [3.05, 3.63) is 29.3 Å². The highest BCUT2D eigenvalue weighted by Crippen LogP contribution is 2.35. The number of halogens is 3. The smallest absolute Gasteiger partial charge is 0.416 e. The van der Waals surface area contributed by atoms with Crippen LogP contribution in [0.15, 0.2) is 23.2 Å². The van der Waals surface area contributed by atoms with E-state index in [9.17, 15) is 18.3 Å². The lowest BCUT2D eigenvalue weighted by Crippen LogP contribution is -2.44. The molecule has 1 atom stereocenters. The van der Waals surface area contributed by atoms with Crippen molar-refractivity contribution in [2.45, 2.75) is 32.5 Å². The number of aliphatic hydroxyl groups excluding tert-OH is 1. The lowest BCUT2D eigenvalue weighted by atomic mass is 9.84. The fourth-order valence-corrected chi connectivity index (χ4v) is 3.17. The predicted molar refractivity (Wildman–Crippen MR) is 100 cm³/mol. The van der Waals surface area contributed by atoms with Crippen LogP contribution in [0.25, 0.3) is 0 Å². The number of hydrogen-bond donors (Lipinski definition) is 3. The van der Waals surface area contributed by atoms with Crippen molar-refractivity contribution >= 4 is 5.96 Å². The van der Waals surface area contributed by atoms with Gasteiger partial charge in [0.25, 0.3) is 0 Å². The minimum absolute atomic E-state index is 0.0551. The van der Waals surface area contributed by atoms with E-state index < -0.39 is 11.7 Å². The van der Waals surface area contributed by atoms with E-state index in [0.717, 1.165) is 12.5 Å². The van der Waals surface area contributed by atoms with Crippen LogP contribution in [0.2, 0.25) is 0 Å². The monoisotopic (exact) mass is 403 g/mol. The highest BCUT2D eigenvalue weighted by atomic mass is 19.4. The van der Waals surface area contributed by atoms with Crippen molar-refractivity contribution in [3.8, 4) is 5.75 Å². The topological polar surface area (TPSA) is 75.1 Å². The van der Waals surface area contributed by atoms with Crippen LogP contribution in [-0.2, 0) is 17.5 Å². The standard InChI is InChI=1S/C19H28F3N3O3/c1-3-23-17(25-12-18(6-8-26)7-9-28-13-18)24-11-14-4-5-15(27-2)10-16(14)19(20,21)22/h4-5,10,26H,3,6-9,11-13H2,1-2H3,(H2,23,24,25). The Hall–Kier alpha value is -2.00. The number of rotatable bonds is 8. The molecule has 0 spiro atoms. The second-order valence-electron chi connectivity index (χ2n) is 6.85. The fraction of sp³-hybridized carbons (Fsp3) is 0.632. The van der Waals surface area contributed by atoms with Gasteiger partial charge in [0.05, 0.1) is 25.8 Å². The maximum atomic E-state index is 13.4. The molecule has 1 unspecified atom stereocenters. The Morgan fingerprint density at radius 3 is 2.71 bits per heavy atom. The number of guanidine groups is 1. The molecule has 0 saturated carbocycles. The third kappa shape index (κ3) is 6.00. The van der Waals surface area contributed by atoms with Crippen molar-refractivity contribution in [1.29, 1.82) is 0 Å². The van der Waals surface area contributed by atoms with Gasteiger partial charge in [-0.05, 0) is 37.5 Å². The quantitative estimate of drug-likeness (QED) is 0.460. The molecule has 3 N–H and O–H groups in total. The van der Waals surface area contributed by atoms with Crippen LogP contribution in [0.5, 0.6) is 5.75 Å². The van der Waals surface area contributed by atoms with E-state index in [1.54, 1.807) is 0 Å². The van der Waals surface area contributed by atoms with Crippen LogP contribution in [0.1, 0.15) is 30.9 Å². The predicted octanol–water partition coefficient (Wildman–Crippen LogP) is 2.56. The number of aliphatic imine (C=N–C) groups is 1. The van der Waals surface area contributed by atoms with Crippen LogP contribution in [0, 0.1) is 5.41 Å². The summed E-state index contributed by atoms with van der Waals surface area (Å²) in [6.07, 6.45) is -3.08. The summed E-state index contributed by atoms with van der Waals surface area (Å²) in [5, 5.41) is 15.5. The third-order valence-electron chi connectivity index (χ3n) is 4.83. The summed E-state index contributed by atoms with van der Waals surface area (Å²) >= 11 is 0. The Balaban J connectivity index is 2.14. The van der Waals surface area contributed by atoms with Gasteiger partial charge in [0, 0.05) is 31.7 Å². The molecule has 1 aliphatic rings. The molecular weight excluding hydrogens is 375 g/mol. The first kappa shape index (κ1) is 22.3. The number of benzene rings is 1. The number of hydrogen-bond acceptors (Lipinski definition) is 4. The van der Waals surface area contributed by atoms with Gasteiger partial charge in [0.2, 0.25) is 0 Å². The molecule has 0 aliphatic carbocycles.